The average molecular weight is 281 g/mol. The predicted molar refractivity (Wildman–Crippen MR) is 78.6 cm³/mol. The van der Waals surface area contributed by atoms with E-state index in [4.69, 9.17) is 4.74 Å². The maximum atomic E-state index is 12.3. The molecule has 4 heteroatoms. The van der Waals surface area contributed by atoms with Gasteiger partial charge >= 0.3 is 0 Å². The molecule has 0 aromatic heterocycles. The molecule has 1 atom stereocenters. The highest BCUT2D eigenvalue weighted by Crippen LogP contribution is 2.28. The lowest BCUT2D eigenvalue weighted by molar-refractivity contribution is 0.0933. The molecule has 1 aliphatic rings. The molecule has 1 amide bonds. The Hall–Kier alpha value is -2.62. The largest absolute Gasteiger partial charge is 0.497 e. The third-order valence-corrected chi connectivity index (χ3v) is 3.69. The second kappa shape index (κ2) is 5.40. The second-order valence-corrected chi connectivity index (χ2v) is 4.97. The summed E-state index contributed by atoms with van der Waals surface area (Å²) < 4.78 is 5.07. The molecule has 1 aliphatic heterocycles. The Kier molecular flexibility index (Phi) is 3.44. The number of benzene rings is 2. The van der Waals surface area contributed by atoms with Crippen LogP contribution < -0.4 is 10.1 Å². The van der Waals surface area contributed by atoms with Crippen LogP contribution in [0.1, 0.15) is 38.7 Å². The molecule has 106 valence electrons. The van der Waals surface area contributed by atoms with Gasteiger partial charge in [0.2, 0.25) is 0 Å². The van der Waals surface area contributed by atoms with Crippen LogP contribution in [0.4, 0.5) is 0 Å². The summed E-state index contributed by atoms with van der Waals surface area (Å²) in [4.78, 5) is 24.2. The van der Waals surface area contributed by atoms with Crippen LogP contribution in [0, 0.1) is 0 Å². The van der Waals surface area contributed by atoms with Gasteiger partial charge in [-0.2, -0.15) is 0 Å². The number of carbonyl (C=O) groups excluding carboxylic acids is 2. The third kappa shape index (κ3) is 2.52. The molecular formula is C17H15NO3. The van der Waals surface area contributed by atoms with E-state index in [1.807, 2.05) is 18.2 Å². The summed E-state index contributed by atoms with van der Waals surface area (Å²) in [7, 11) is 1.59. The number of amides is 1. The maximum absolute atomic E-state index is 12.3. The first-order chi connectivity index (χ1) is 10.2. The average Bonchev–Trinajstić information content (AvgIpc) is 2.84. The summed E-state index contributed by atoms with van der Waals surface area (Å²) in [6.07, 6.45) is 0.259. The first-order valence-electron chi connectivity index (χ1n) is 6.76. The van der Waals surface area contributed by atoms with Gasteiger partial charge < -0.3 is 10.1 Å². The van der Waals surface area contributed by atoms with Crippen LogP contribution in [0.5, 0.6) is 5.75 Å². The van der Waals surface area contributed by atoms with E-state index in [-0.39, 0.29) is 24.2 Å². The monoisotopic (exact) mass is 281 g/mol. The van der Waals surface area contributed by atoms with Crippen molar-refractivity contribution in [3.05, 3.63) is 65.2 Å². The molecule has 2 aromatic carbocycles. The van der Waals surface area contributed by atoms with Crippen LogP contribution in [0.2, 0.25) is 0 Å². The Bertz CT molecular complexity index is 691. The summed E-state index contributed by atoms with van der Waals surface area (Å²) in [5, 5.41) is 2.86. The zero-order valence-corrected chi connectivity index (χ0v) is 11.6. The highest BCUT2D eigenvalue weighted by atomic mass is 16.5. The zero-order valence-electron chi connectivity index (χ0n) is 11.6. The number of hydrogen-bond acceptors (Lipinski definition) is 3. The molecule has 0 spiro atoms. The number of Topliss-reactive ketones (excluding diaryl/α,β-unsaturated/α-hetero) is 1. The first kappa shape index (κ1) is 13.4. The fourth-order valence-corrected chi connectivity index (χ4v) is 2.56. The lowest BCUT2D eigenvalue weighted by Gasteiger charge is -2.11. The molecule has 1 N–H and O–H groups in total. The number of hydrogen-bond donors (Lipinski definition) is 1. The molecule has 0 aliphatic carbocycles. The SMILES string of the molecule is COc1ccc(C(=O)CC2NC(=O)c3ccccc32)cc1. The van der Waals surface area contributed by atoms with Crippen molar-refractivity contribution in [2.24, 2.45) is 0 Å². The summed E-state index contributed by atoms with van der Waals surface area (Å²) in [5.74, 6) is 0.601. The van der Waals surface area contributed by atoms with Crippen molar-refractivity contribution in [2.75, 3.05) is 7.11 Å². The van der Waals surface area contributed by atoms with Crippen molar-refractivity contribution in [1.82, 2.24) is 5.32 Å². The molecule has 1 unspecified atom stereocenters. The van der Waals surface area contributed by atoms with Gasteiger partial charge in [0.1, 0.15) is 5.75 Å². The van der Waals surface area contributed by atoms with Crippen molar-refractivity contribution >= 4 is 11.7 Å². The first-order valence-corrected chi connectivity index (χ1v) is 6.76. The Morgan fingerprint density at radius 2 is 1.86 bits per heavy atom. The minimum absolute atomic E-state index is 0.000318. The van der Waals surface area contributed by atoms with E-state index in [9.17, 15) is 9.59 Å². The van der Waals surface area contributed by atoms with Crippen LogP contribution in [0.25, 0.3) is 0 Å². The van der Waals surface area contributed by atoms with Gasteiger partial charge in [-0.3, -0.25) is 9.59 Å². The van der Waals surface area contributed by atoms with Crippen molar-refractivity contribution in [3.63, 3.8) is 0 Å². The van der Waals surface area contributed by atoms with E-state index in [1.54, 1.807) is 37.4 Å². The number of nitrogens with one attached hydrogen (secondary N) is 1. The lowest BCUT2D eigenvalue weighted by Crippen LogP contribution is -2.21. The van der Waals surface area contributed by atoms with Crippen LogP contribution in [-0.4, -0.2) is 18.8 Å². The van der Waals surface area contributed by atoms with E-state index < -0.39 is 0 Å². The van der Waals surface area contributed by atoms with Crippen molar-refractivity contribution in [1.29, 1.82) is 0 Å². The Morgan fingerprint density at radius 1 is 1.14 bits per heavy atom. The molecule has 2 aromatic rings. The second-order valence-electron chi connectivity index (χ2n) is 4.97. The number of ketones is 1. The maximum Gasteiger partial charge on any atom is 0.252 e. The van der Waals surface area contributed by atoms with Gasteiger partial charge in [-0.15, -0.1) is 0 Å². The van der Waals surface area contributed by atoms with Gasteiger partial charge in [0.25, 0.3) is 5.91 Å². The molecule has 0 fully saturated rings. The molecule has 3 rings (SSSR count). The van der Waals surface area contributed by atoms with Gasteiger partial charge in [-0.1, -0.05) is 18.2 Å². The van der Waals surface area contributed by atoms with E-state index in [1.165, 1.54) is 0 Å². The predicted octanol–water partition coefficient (Wildman–Crippen LogP) is 2.75. The standard InChI is InChI=1S/C17H15NO3/c1-21-12-8-6-11(7-9-12)16(19)10-15-13-4-2-3-5-14(13)17(20)18-15/h2-9,15H,10H2,1H3,(H,18,20). The summed E-state index contributed by atoms with van der Waals surface area (Å²) in [6, 6.07) is 14.1. The smallest absolute Gasteiger partial charge is 0.252 e. The summed E-state index contributed by atoms with van der Waals surface area (Å²) >= 11 is 0. The van der Waals surface area contributed by atoms with Crippen LogP contribution in [0.3, 0.4) is 0 Å². The van der Waals surface area contributed by atoms with Gasteiger partial charge in [-0.25, -0.2) is 0 Å². The van der Waals surface area contributed by atoms with Crippen LogP contribution >= 0.6 is 0 Å². The Labute approximate surface area is 122 Å². The molecule has 0 radical (unpaired) electrons. The minimum Gasteiger partial charge on any atom is -0.497 e. The Balaban J connectivity index is 1.78. The molecule has 1 heterocycles. The van der Waals surface area contributed by atoms with Gasteiger partial charge in [0.05, 0.1) is 13.2 Å². The number of fused-ring (bicyclic) bond motifs is 1. The third-order valence-electron chi connectivity index (χ3n) is 3.69. The molecule has 0 saturated carbocycles. The topological polar surface area (TPSA) is 55.4 Å². The van der Waals surface area contributed by atoms with Crippen LogP contribution in [0.15, 0.2) is 48.5 Å². The minimum atomic E-state index is -0.247. The Morgan fingerprint density at radius 3 is 2.57 bits per heavy atom. The number of methoxy groups -OCH3 is 1. The molecule has 4 nitrogen and oxygen atoms in total. The van der Waals surface area contributed by atoms with Crippen molar-refractivity contribution < 1.29 is 14.3 Å². The normalized spacial score (nSPS) is 16.2. The molecular weight excluding hydrogens is 266 g/mol. The quantitative estimate of drug-likeness (QED) is 0.877. The van der Waals surface area contributed by atoms with E-state index in [2.05, 4.69) is 5.32 Å². The van der Waals surface area contributed by atoms with Crippen LogP contribution in [-0.2, 0) is 0 Å². The molecule has 0 bridgehead atoms. The van der Waals surface area contributed by atoms with E-state index in [0.29, 0.717) is 16.9 Å². The highest BCUT2D eigenvalue weighted by molar-refractivity contribution is 6.01. The van der Waals surface area contributed by atoms with E-state index >= 15 is 0 Å². The zero-order chi connectivity index (χ0) is 14.8. The van der Waals surface area contributed by atoms with Gasteiger partial charge in [0, 0.05) is 17.5 Å². The number of rotatable bonds is 4. The fourth-order valence-electron chi connectivity index (χ4n) is 2.56. The van der Waals surface area contributed by atoms with Crippen molar-refractivity contribution in [3.8, 4) is 5.75 Å². The van der Waals surface area contributed by atoms with Gasteiger partial charge in [-0.05, 0) is 35.9 Å². The summed E-state index contributed by atoms with van der Waals surface area (Å²) in [6.45, 7) is 0. The van der Waals surface area contributed by atoms with Crippen molar-refractivity contribution in [2.45, 2.75) is 12.5 Å². The van der Waals surface area contributed by atoms with Gasteiger partial charge in [0.15, 0.2) is 5.78 Å². The molecule has 0 saturated heterocycles. The number of carbonyl (C=O) groups is 2. The molecule has 21 heavy (non-hydrogen) atoms. The lowest BCUT2D eigenvalue weighted by atomic mass is 9.98. The fraction of sp³-hybridized carbons (Fsp3) is 0.176. The summed E-state index contributed by atoms with van der Waals surface area (Å²) in [5.41, 5.74) is 2.17. The van der Waals surface area contributed by atoms with E-state index in [0.717, 1.165) is 5.56 Å². The highest BCUT2D eigenvalue weighted by Gasteiger charge is 2.29. The number of ether oxygens (including phenoxy) is 1.